The van der Waals surface area contributed by atoms with Crippen molar-refractivity contribution in [2.75, 3.05) is 4.72 Å². The molecule has 0 atom stereocenters. The average Bonchev–Trinajstić information content (AvgIpc) is 2.87. The molecule has 0 radical (unpaired) electrons. The molecule has 0 bridgehead atoms. The third-order valence-electron chi connectivity index (χ3n) is 4.94. The van der Waals surface area contributed by atoms with Gasteiger partial charge in [-0.05, 0) is 61.7 Å². The van der Waals surface area contributed by atoms with E-state index in [-0.39, 0.29) is 16.1 Å². The van der Waals surface area contributed by atoms with Gasteiger partial charge in [-0.1, -0.05) is 18.2 Å². The zero-order valence-electron chi connectivity index (χ0n) is 16.4. The minimum absolute atomic E-state index is 0.104. The highest BCUT2D eigenvalue weighted by Gasteiger charge is 2.24. The highest BCUT2D eigenvalue weighted by atomic mass is 32.2. The number of hydrogen-bond acceptors (Lipinski definition) is 5. The number of carboxylic acid groups (broad SMARTS) is 1. The number of aryl methyl sites for hydroxylation is 1. The van der Waals surface area contributed by atoms with Crippen LogP contribution in [0.5, 0.6) is 0 Å². The first-order valence-electron chi connectivity index (χ1n) is 8.74. The molecule has 1 heterocycles. The third kappa shape index (κ3) is 3.56. The van der Waals surface area contributed by atoms with Gasteiger partial charge in [0.05, 0.1) is 22.2 Å². The van der Waals surface area contributed by atoms with Crippen LogP contribution in [0.3, 0.4) is 0 Å². The highest BCUT2D eigenvalue weighted by molar-refractivity contribution is 7.92. The van der Waals surface area contributed by atoms with Crippen molar-refractivity contribution in [1.82, 2.24) is 9.36 Å². The minimum atomic E-state index is -4.22. The van der Waals surface area contributed by atoms with Crippen LogP contribution in [-0.4, -0.2) is 23.8 Å². The summed E-state index contributed by atoms with van der Waals surface area (Å²) in [7, 11) is -2.57. The lowest BCUT2D eigenvalue weighted by atomic mass is 10.1. The summed E-state index contributed by atoms with van der Waals surface area (Å²) >= 11 is 0. The van der Waals surface area contributed by atoms with E-state index in [2.05, 4.69) is 4.72 Å². The van der Waals surface area contributed by atoms with E-state index in [0.717, 1.165) is 6.07 Å². The van der Waals surface area contributed by atoms with Crippen LogP contribution in [0, 0.1) is 20.8 Å². The van der Waals surface area contributed by atoms with Crippen LogP contribution in [0.1, 0.15) is 27.2 Å². The SMILES string of the molecule is Cc1cc(C(=O)[O-])cc(S(=O)(=O)Nc2c(C)n(C)n(-c3ccccc3)c2=O)c1C. The van der Waals surface area contributed by atoms with Gasteiger partial charge in [0, 0.05) is 7.05 Å². The van der Waals surface area contributed by atoms with Gasteiger partial charge in [0.15, 0.2) is 0 Å². The number of nitrogens with one attached hydrogen (secondary N) is 1. The Balaban J connectivity index is 2.14. The molecule has 0 aliphatic rings. The monoisotopic (exact) mass is 414 g/mol. The Morgan fingerprint density at radius 3 is 2.28 bits per heavy atom. The molecule has 0 amide bonds. The number of aromatic nitrogens is 2. The molecule has 1 N–H and O–H groups in total. The number of carbonyl (C=O) groups excluding carboxylic acids is 1. The zero-order chi connectivity index (χ0) is 21.5. The molecule has 3 aromatic rings. The van der Waals surface area contributed by atoms with E-state index < -0.39 is 21.6 Å². The minimum Gasteiger partial charge on any atom is -0.545 e. The lowest BCUT2D eigenvalue weighted by molar-refractivity contribution is -0.255. The van der Waals surface area contributed by atoms with Crippen molar-refractivity contribution >= 4 is 21.7 Å². The maximum absolute atomic E-state index is 13.0. The predicted molar refractivity (Wildman–Crippen MR) is 107 cm³/mol. The number of aromatic carboxylic acids is 1. The highest BCUT2D eigenvalue weighted by Crippen LogP contribution is 2.24. The fourth-order valence-electron chi connectivity index (χ4n) is 3.10. The van der Waals surface area contributed by atoms with Gasteiger partial charge < -0.3 is 9.90 Å². The van der Waals surface area contributed by atoms with Crippen molar-refractivity contribution in [2.45, 2.75) is 25.7 Å². The van der Waals surface area contributed by atoms with Crippen molar-refractivity contribution in [3.8, 4) is 5.69 Å². The summed E-state index contributed by atoms with van der Waals surface area (Å²) in [6.07, 6.45) is 0. The third-order valence-corrected chi connectivity index (χ3v) is 6.41. The number of nitrogens with zero attached hydrogens (tertiary/aromatic N) is 2. The molecule has 2 aromatic carbocycles. The molecule has 0 spiro atoms. The van der Waals surface area contributed by atoms with E-state index in [0.29, 0.717) is 22.5 Å². The van der Waals surface area contributed by atoms with Crippen LogP contribution >= 0.6 is 0 Å². The number of carbonyl (C=O) groups is 1. The van der Waals surface area contributed by atoms with Gasteiger partial charge in [-0.15, -0.1) is 0 Å². The molecule has 0 aliphatic heterocycles. The topological polar surface area (TPSA) is 113 Å². The van der Waals surface area contributed by atoms with Gasteiger partial charge in [-0.3, -0.25) is 14.2 Å². The summed E-state index contributed by atoms with van der Waals surface area (Å²) < 4.78 is 31.3. The number of para-hydroxylation sites is 1. The molecule has 29 heavy (non-hydrogen) atoms. The maximum atomic E-state index is 13.0. The van der Waals surface area contributed by atoms with Crippen molar-refractivity contribution in [1.29, 1.82) is 0 Å². The van der Waals surface area contributed by atoms with Gasteiger partial charge in [0.25, 0.3) is 15.6 Å². The summed E-state index contributed by atoms with van der Waals surface area (Å²) in [6, 6.07) is 11.2. The Hall–Kier alpha value is -3.33. The lowest BCUT2D eigenvalue weighted by Crippen LogP contribution is -2.25. The van der Waals surface area contributed by atoms with Gasteiger partial charge in [-0.2, -0.15) is 0 Å². The molecule has 0 saturated carbocycles. The van der Waals surface area contributed by atoms with E-state index in [1.165, 1.54) is 10.7 Å². The second-order valence-corrected chi connectivity index (χ2v) is 8.40. The normalized spacial score (nSPS) is 11.4. The van der Waals surface area contributed by atoms with Crippen LogP contribution in [0.25, 0.3) is 5.69 Å². The molecule has 0 aliphatic carbocycles. The van der Waals surface area contributed by atoms with Gasteiger partial charge >= 0.3 is 0 Å². The molecule has 9 heteroatoms. The first kappa shape index (κ1) is 20.4. The quantitative estimate of drug-likeness (QED) is 0.675. The number of carboxylic acids is 1. The molecule has 3 rings (SSSR count). The Morgan fingerprint density at radius 2 is 1.69 bits per heavy atom. The molecule has 8 nitrogen and oxygen atoms in total. The van der Waals surface area contributed by atoms with Crippen molar-refractivity contribution in [3.63, 3.8) is 0 Å². The molecule has 0 unspecified atom stereocenters. The van der Waals surface area contributed by atoms with Crippen molar-refractivity contribution in [2.24, 2.45) is 7.05 Å². The second-order valence-electron chi connectivity index (χ2n) is 6.75. The van der Waals surface area contributed by atoms with E-state index >= 15 is 0 Å². The lowest BCUT2D eigenvalue weighted by Gasteiger charge is -2.14. The van der Waals surface area contributed by atoms with Crippen LogP contribution in [0.2, 0.25) is 0 Å². The molecule has 0 saturated heterocycles. The van der Waals surface area contributed by atoms with E-state index in [1.54, 1.807) is 56.8 Å². The largest absolute Gasteiger partial charge is 0.545 e. The van der Waals surface area contributed by atoms with Crippen LogP contribution in [-0.2, 0) is 17.1 Å². The van der Waals surface area contributed by atoms with Crippen LogP contribution in [0.15, 0.2) is 52.2 Å². The summed E-state index contributed by atoms with van der Waals surface area (Å²) in [6.45, 7) is 4.80. The van der Waals surface area contributed by atoms with Crippen molar-refractivity contribution in [3.05, 3.63) is 75.2 Å². The number of rotatable bonds is 5. The average molecular weight is 414 g/mol. The molecule has 0 fully saturated rings. The van der Waals surface area contributed by atoms with Crippen LogP contribution in [0.4, 0.5) is 5.69 Å². The van der Waals surface area contributed by atoms with E-state index in [9.17, 15) is 23.1 Å². The van der Waals surface area contributed by atoms with E-state index in [1.807, 2.05) is 6.07 Å². The zero-order valence-corrected chi connectivity index (χ0v) is 17.2. The number of hydrogen-bond donors (Lipinski definition) is 1. The molecular formula is C20H20N3O5S-. The Labute approximate surface area is 168 Å². The summed E-state index contributed by atoms with van der Waals surface area (Å²) in [4.78, 5) is 24.0. The molecule has 152 valence electrons. The van der Waals surface area contributed by atoms with Gasteiger partial charge in [0.1, 0.15) is 5.69 Å². The Kier molecular flexibility index (Phi) is 5.10. The van der Waals surface area contributed by atoms with Gasteiger partial charge in [-0.25, -0.2) is 13.1 Å². The Bertz CT molecular complexity index is 1270. The number of anilines is 1. The number of benzene rings is 2. The smallest absolute Gasteiger partial charge is 0.296 e. The first-order valence-corrected chi connectivity index (χ1v) is 10.2. The molecule has 1 aromatic heterocycles. The van der Waals surface area contributed by atoms with Crippen LogP contribution < -0.4 is 15.4 Å². The van der Waals surface area contributed by atoms with Gasteiger partial charge in [0.2, 0.25) is 0 Å². The first-order chi connectivity index (χ1) is 13.5. The summed E-state index contributed by atoms with van der Waals surface area (Å²) in [5.74, 6) is -1.48. The second kappa shape index (κ2) is 7.25. The predicted octanol–water partition coefficient (Wildman–Crippen LogP) is 1.27. The summed E-state index contributed by atoms with van der Waals surface area (Å²) in [5.41, 5.74) is 0.975. The van der Waals surface area contributed by atoms with E-state index in [4.69, 9.17) is 0 Å². The maximum Gasteiger partial charge on any atom is 0.296 e. The number of sulfonamides is 1. The Morgan fingerprint density at radius 1 is 1.07 bits per heavy atom. The standard InChI is InChI=1S/C20H21N3O5S/c1-12-10-15(20(25)26)11-17(13(12)2)29(27,28)21-18-14(3)22(4)23(19(18)24)16-8-6-5-7-9-16/h5-11,21H,1-4H3,(H,25,26)/p-1. The molecular weight excluding hydrogens is 394 g/mol. The fraction of sp³-hybridized carbons (Fsp3) is 0.200. The fourth-order valence-corrected chi connectivity index (χ4v) is 4.56. The van der Waals surface area contributed by atoms with Crippen molar-refractivity contribution < 1.29 is 18.3 Å². The summed E-state index contributed by atoms with van der Waals surface area (Å²) in [5, 5.41) is 11.2.